The molecule has 1 heterocycles. The smallest absolute Gasteiger partial charge is 0.122 e. The van der Waals surface area contributed by atoms with Crippen LogP contribution in [0.2, 0.25) is 0 Å². The van der Waals surface area contributed by atoms with Gasteiger partial charge in [0.1, 0.15) is 5.75 Å². The molecule has 3 atom stereocenters. The minimum absolute atomic E-state index is 0.262. The van der Waals surface area contributed by atoms with Crippen LogP contribution in [-0.2, 0) is 0 Å². The van der Waals surface area contributed by atoms with E-state index in [0.29, 0.717) is 12.0 Å². The van der Waals surface area contributed by atoms with Crippen LogP contribution in [0.25, 0.3) is 0 Å². The van der Waals surface area contributed by atoms with Gasteiger partial charge < -0.3 is 10.5 Å². The Bertz CT molecular complexity index is 407. The second-order valence-electron chi connectivity index (χ2n) is 5.65. The zero-order valence-corrected chi connectivity index (χ0v) is 12.3. The van der Waals surface area contributed by atoms with Gasteiger partial charge >= 0.3 is 0 Å². The summed E-state index contributed by atoms with van der Waals surface area (Å²) in [5.41, 5.74) is 7.55. The fourth-order valence-electron chi connectivity index (χ4n) is 3.02. The molecule has 1 saturated heterocycles. The summed E-state index contributed by atoms with van der Waals surface area (Å²) in [6.45, 7) is 6.63. The van der Waals surface area contributed by atoms with E-state index in [1.54, 1.807) is 7.11 Å². The zero-order chi connectivity index (χ0) is 13.8. The Morgan fingerprint density at radius 2 is 2.11 bits per heavy atom. The number of benzene rings is 1. The van der Waals surface area contributed by atoms with Crippen molar-refractivity contribution in [2.45, 2.75) is 44.7 Å². The normalized spacial score (nSPS) is 26.1. The Balaban J connectivity index is 2.19. The Kier molecular flexibility index (Phi) is 4.83. The number of hydrogen-bond donors (Lipinski definition) is 1. The summed E-state index contributed by atoms with van der Waals surface area (Å²) in [6, 6.07) is 9.20. The van der Waals surface area contributed by atoms with E-state index in [2.05, 4.69) is 30.9 Å². The van der Waals surface area contributed by atoms with Crippen LogP contribution in [0.5, 0.6) is 5.75 Å². The van der Waals surface area contributed by atoms with Crippen molar-refractivity contribution < 1.29 is 4.74 Å². The van der Waals surface area contributed by atoms with Gasteiger partial charge in [-0.15, -0.1) is 0 Å². The van der Waals surface area contributed by atoms with Crippen molar-refractivity contribution in [3.05, 3.63) is 29.8 Å². The number of methoxy groups -OCH3 is 1. The van der Waals surface area contributed by atoms with Crippen molar-refractivity contribution in [2.24, 2.45) is 5.73 Å². The third-order valence-corrected chi connectivity index (χ3v) is 4.30. The van der Waals surface area contributed by atoms with Gasteiger partial charge in [0.15, 0.2) is 0 Å². The topological polar surface area (TPSA) is 38.5 Å². The highest BCUT2D eigenvalue weighted by Crippen LogP contribution is 2.33. The van der Waals surface area contributed by atoms with Crippen LogP contribution in [0, 0.1) is 0 Å². The fraction of sp³-hybridized carbons (Fsp3) is 0.625. The summed E-state index contributed by atoms with van der Waals surface area (Å²) >= 11 is 0. The van der Waals surface area contributed by atoms with Crippen LogP contribution < -0.4 is 10.5 Å². The summed E-state index contributed by atoms with van der Waals surface area (Å²) in [5.74, 6) is 1.47. The molecule has 0 bridgehead atoms. The summed E-state index contributed by atoms with van der Waals surface area (Å²) in [6.07, 6.45) is 2.22. The van der Waals surface area contributed by atoms with E-state index in [-0.39, 0.29) is 6.04 Å². The van der Waals surface area contributed by atoms with Crippen LogP contribution in [0.15, 0.2) is 24.3 Å². The summed E-state index contributed by atoms with van der Waals surface area (Å²) in [7, 11) is 1.74. The van der Waals surface area contributed by atoms with Gasteiger partial charge in [-0.25, -0.2) is 0 Å². The second kappa shape index (κ2) is 6.40. The Morgan fingerprint density at radius 3 is 2.79 bits per heavy atom. The van der Waals surface area contributed by atoms with Gasteiger partial charge in [-0.2, -0.15) is 0 Å². The minimum atomic E-state index is 0.262. The lowest BCUT2D eigenvalue weighted by Crippen LogP contribution is -2.49. The molecule has 3 unspecified atom stereocenters. The molecule has 0 aromatic heterocycles. The third kappa shape index (κ3) is 3.28. The standard InChI is InChI=1S/C16H26N2O/c1-4-12(2)18-10-13(9-14(17)11-18)15-7-5-6-8-16(15)19-3/h5-8,12-14H,4,9-11,17H2,1-3H3. The molecule has 2 rings (SSSR count). The van der Waals surface area contributed by atoms with E-state index < -0.39 is 0 Å². The molecular formula is C16H26N2O. The number of para-hydroxylation sites is 1. The Hall–Kier alpha value is -1.06. The number of ether oxygens (including phenoxy) is 1. The molecule has 3 heteroatoms. The highest BCUT2D eigenvalue weighted by molar-refractivity contribution is 5.37. The summed E-state index contributed by atoms with van der Waals surface area (Å²) in [5, 5.41) is 0. The van der Waals surface area contributed by atoms with Gasteiger partial charge in [0.05, 0.1) is 7.11 Å². The van der Waals surface area contributed by atoms with Gasteiger partial charge in [-0.05, 0) is 31.4 Å². The van der Waals surface area contributed by atoms with Crippen molar-refractivity contribution in [1.82, 2.24) is 4.90 Å². The fourth-order valence-corrected chi connectivity index (χ4v) is 3.02. The Morgan fingerprint density at radius 1 is 1.37 bits per heavy atom. The minimum Gasteiger partial charge on any atom is -0.496 e. The lowest BCUT2D eigenvalue weighted by Gasteiger charge is -2.40. The first kappa shape index (κ1) is 14.4. The lowest BCUT2D eigenvalue weighted by atomic mass is 9.87. The maximum Gasteiger partial charge on any atom is 0.122 e. The van der Waals surface area contributed by atoms with Crippen LogP contribution in [0.4, 0.5) is 0 Å². The number of likely N-dealkylation sites (tertiary alicyclic amines) is 1. The Labute approximate surface area is 116 Å². The molecular weight excluding hydrogens is 236 g/mol. The van der Waals surface area contributed by atoms with E-state index in [0.717, 1.165) is 25.3 Å². The van der Waals surface area contributed by atoms with E-state index in [1.165, 1.54) is 12.0 Å². The van der Waals surface area contributed by atoms with Gasteiger partial charge in [0.2, 0.25) is 0 Å². The number of piperidine rings is 1. The van der Waals surface area contributed by atoms with E-state index in [1.807, 2.05) is 12.1 Å². The molecule has 0 aliphatic carbocycles. The molecule has 0 radical (unpaired) electrons. The molecule has 1 aromatic rings. The molecule has 1 aliphatic rings. The number of nitrogens with two attached hydrogens (primary N) is 1. The molecule has 1 aromatic carbocycles. The van der Waals surface area contributed by atoms with Gasteiger partial charge in [-0.1, -0.05) is 25.1 Å². The largest absolute Gasteiger partial charge is 0.496 e. The maximum absolute atomic E-state index is 6.25. The molecule has 19 heavy (non-hydrogen) atoms. The first-order valence-corrected chi connectivity index (χ1v) is 7.28. The summed E-state index contributed by atoms with van der Waals surface area (Å²) in [4.78, 5) is 2.52. The predicted octanol–water partition coefficient (Wildman–Crippen LogP) is 2.61. The van der Waals surface area contributed by atoms with Crippen molar-refractivity contribution in [1.29, 1.82) is 0 Å². The van der Waals surface area contributed by atoms with Crippen LogP contribution in [0.3, 0.4) is 0 Å². The van der Waals surface area contributed by atoms with Crippen LogP contribution >= 0.6 is 0 Å². The second-order valence-corrected chi connectivity index (χ2v) is 5.65. The SMILES string of the molecule is CCC(C)N1CC(N)CC(c2ccccc2OC)C1. The predicted molar refractivity (Wildman–Crippen MR) is 79.7 cm³/mol. The van der Waals surface area contributed by atoms with Gasteiger partial charge in [0.25, 0.3) is 0 Å². The quantitative estimate of drug-likeness (QED) is 0.906. The molecule has 0 saturated carbocycles. The summed E-state index contributed by atoms with van der Waals surface area (Å²) < 4.78 is 5.50. The molecule has 1 fully saturated rings. The van der Waals surface area contributed by atoms with Crippen molar-refractivity contribution in [3.63, 3.8) is 0 Å². The molecule has 0 amide bonds. The van der Waals surface area contributed by atoms with Crippen molar-refractivity contribution >= 4 is 0 Å². The first-order chi connectivity index (χ1) is 9.15. The van der Waals surface area contributed by atoms with E-state index in [9.17, 15) is 0 Å². The third-order valence-electron chi connectivity index (χ3n) is 4.30. The first-order valence-electron chi connectivity index (χ1n) is 7.28. The molecule has 106 valence electrons. The van der Waals surface area contributed by atoms with Crippen LogP contribution in [0.1, 0.15) is 38.2 Å². The maximum atomic E-state index is 6.25. The van der Waals surface area contributed by atoms with Crippen LogP contribution in [-0.4, -0.2) is 37.2 Å². The molecule has 0 spiro atoms. The number of rotatable bonds is 4. The average Bonchev–Trinajstić information content (AvgIpc) is 2.45. The van der Waals surface area contributed by atoms with Crippen molar-refractivity contribution in [2.75, 3.05) is 20.2 Å². The highest BCUT2D eigenvalue weighted by atomic mass is 16.5. The van der Waals surface area contributed by atoms with E-state index in [4.69, 9.17) is 10.5 Å². The van der Waals surface area contributed by atoms with Gasteiger partial charge in [-0.3, -0.25) is 4.90 Å². The lowest BCUT2D eigenvalue weighted by molar-refractivity contribution is 0.139. The van der Waals surface area contributed by atoms with E-state index >= 15 is 0 Å². The molecule has 3 nitrogen and oxygen atoms in total. The highest BCUT2D eigenvalue weighted by Gasteiger charge is 2.29. The zero-order valence-electron chi connectivity index (χ0n) is 12.3. The molecule has 1 aliphatic heterocycles. The average molecular weight is 262 g/mol. The van der Waals surface area contributed by atoms with Crippen molar-refractivity contribution in [3.8, 4) is 5.75 Å². The molecule has 2 N–H and O–H groups in total. The monoisotopic (exact) mass is 262 g/mol. The number of hydrogen-bond acceptors (Lipinski definition) is 3. The number of nitrogens with zero attached hydrogens (tertiary/aromatic N) is 1. The van der Waals surface area contributed by atoms with Gasteiger partial charge in [0, 0.05) is 31.1 Å².